The van der Waals surface area contributed by atoms with Crippen molar-refractivity contribution in [2.75, 3.05) is 6.54 Å². The van der Waals surface area contributed by atoms with Crippen molar-refractivity contribution in [3.8, 4) is 0 Å². The number of benzene rings is 2. The number of nitrogens with zero attached hydrogens (tertiary/aromatic N) is 1. The summed E-state index contributed by atoms with van der Waals surface area (Å²) < 4.78 is 32.7. The van der Waals surface area contributed by atoms with Crippen molar-refractivity contribution in [3.63, 3.8) is 0 Å². The van der Waals surface area contributed by atoms with E-state index in [2.05, 4.69) is 0 Å². The monoisotopic (exact) mass is 399 g/mol. The SMILES string of the molecule is O=S(=O)(c1ccc(/C=C/c2ccc(Cl)cc2)cc1)N1CCc2occc2C1. The fourth-order valence-electron chi connectivity index (χ4n) is 3.09. The number of hydrogen-bond acceptors (Lipinski definition) is 3. The van der Waals surface area contributed by atoms with Crippen LogP contribution in [0, 0.1) is 0 Å². The Labute approximate surface area is 163 Å². The third-order valence-electron chi connectivity index (χ3n) is 4.63. The van der Waals surface area contributed by atoms with Crippen LogP contribution in [0.3, 0.4) is 0 Å². The molecule has 0 saturated heterocycles. The molecule has 6 heteroatoms. The van der Waals surface area contributed by atoms with Crippen LogP contribution in [0.15, 0.2) is 70.2 Å². The van der Waals surface area contributed by atoms with Gasteiger partial charge in [0.1, 0.15) is 5.76 Å². The second-order valence-electron chi connectivity index (χ2n) is 6.41. The number of hydrogen-bond donors (Lipinski definition) is 0. The standard InChI is InChI=1S/C21H18ClNO3S/c22-19-7-3-16(4-8-19)1-2-17-5-9-20(10-6-17)27(24,25)23-13-11-21-18(15-23)12-14-26-21/h1-10,12,14H,11,13,15H2/b2-1+. The molecule has 4 rings (SSSR count). The van der Waals surface area contributed by atoms with Crippen LogP contribution in [-0.4, -0.2) is 19.3 Å². The van der Waals surface area contributed by atoms with E-state index in [-0.39, 0.29) is 0 Å². The Morgan fingerprint density at radius 2 is 1.56 bits per heavy atom. The van der Waals surface area contributed by atoms with Gasteiger partial charge in [-0.15, -0.1) is 0 Å². The van der Waals surface area contributed by atoms with Crippen LogP contribution < -0.4 is 0 Å². The van der Waals surface area contributed by atoms with Gasteiger partial charge >= 0.3 is 0 Å². The first-order valence-electron chi connectivity index (χ1n) is 8.61. The fraction of sp³-hybridized carbons (Fsp3) is 0.143. The Balaban J connectivity index is 1.50. The molecule has 0 fully saturated rings. The lowest BCUT2D eigenvalue weighted by atomic mass is 10.1. The summed E-state index contributed by atoms with van der Waals surface area (Å²) in [6, 6.07) is 16.3. The number of halogens is 1. The van der Waals surface area contributed by atoms with E-state index in [1.807, 2.05) is 54.6 Å². The lowest BCUT2D eigenvalue weighted by Gasteiger charge is -2.25. The first-order valence-corrected chi connectivity index (χ1v) is 10.4. The fourth-order valence-corrected chi connectivity index (χ4v) is 4.64. The van der Waals surface area contributed by atoms with Crippen LogP contribution >= 0.6 is 11.6 Å². The maximum absolute atomic E-state index is 12.9. The van der Waals surface area contributed by atoms with Gasteiger partial charge in [-0.05, 0) is 41.5 Å². The Kier molecular flexibility index (Phi) is 4.91. The minimum absolute atomic E-state index is 0.304. The molecular weight excluding hydrogens is 382 g/mol. The Bertz CT molecular complexity index is 1070. The van der Waals surface area contributed by atoms with Gasteiger partial charge in [0.2, 0.25) is 10.0 Å². The zero-order chi connectivity index (χ0) is 18.9. The predicted molar refractivity (Wildman–Crippen MR) is 107 cm³/mol. The molecule has 0 unspecified atom stereocenters. The van der Waals surface area contributed by atoms with Crippen LogP contribution in [0.1, 0.15) is 22.5 Å². The summed E-state index contributed by atoms with van der Waals surface area (Å²) in [6.45, 7) is 0.785. The quantitative estimate of drug-likeness (QED) is 0.589. The van der Waals surface area contributed by atoms with Crippen molar-refractivity contribution in [3.05, 3.63) is 88.3 Å². The van der Waals surface area contributed by atoms with Crippen LogP contribution in [0.4, 0.5) is 0 Å². The highest BCUT2D eigenvalue weighted by Gasteiger charge is 2.29. The highest BCUT2D eigenvalue weighted by molar-refractivity contribution is 7.89. The van der Waals surface area contributed by atoms with Crippen molar-refractivity contribution in [1.29, 1.82) is 0 Å². The summed E-state index contributed by atoms with van der Waals surface area (Å²) in [4.78, 5) is 0.304. The second kappa shape index (κ2) is 7.35. The molecule has 0 N–H and O–H groups in total. The van der Waals surface area contributed by atoms with Crippen molar-refractivity contribution in [1.82, 2.24) is 4.31 Å². The van der Waals surface area contributed by atoms with Crippen LogP contribution in [0.2, 0.25) is 5.02 Å². The number of rotatable bonds is 4. The predicted octanol–water partition coefficient (Wildman–Crippen LogP) is 4.85. The van der Waals surface area contributed by atoms with Crippen molar-refractivity contribution in [2.45, 2.75) is 17.9 Å². The summed E-state index contributed by atoms with van der Waals surface area (Å²) in [7, 11) is -3.52. The van der Waals surface area contributed by atoms with Gasteiger partial charge < -0.3 is 4.42 Å². The smallest absolute Gasteiger partial charge is 0.243 e. The van der Waals surface area contributed by atoms with Crippen LogP contribution in [-0.2, 0) is 23.0 Å². The van der Waals surface area contributed by atoms with Gasteiger partial charge in [-0.2, -0.15) is 4.31 Å². The molecule has 0 aliphatic carbocycles. The summed E-state index contributed by atoms with van der Waals surface area (Å²) in [5.41, 5.74) is 2.90. The van der Waals surface area contributed by atoms with E-state index in [0.29, 0.717) is 29.4 Å². The summed E-state index contributed by atoms with van der Waals surface area (Å²) >= 11 is 5.88. The second-order valence-corrected chi connectivity index (χ2v) is 8.79. The van der Waals surface area contributed by atoms with E-state index < -0.39 is 10.0 Å². The van der Waals surface area contributed by atoms with E-state index in [0.717, 1.165) is 22.5 Å². The van der Waals surface area contributed by atoms with Crippen molar-refractivity contribution >= 4 is 33.8 Å². The van der Waals surface area contributed by atoms with E-state index in [1.54, 1.807) is 18.4 Å². The Morgan fingerprint density at radius 1 is 0.926 bits per heavy atom. The molecule has 138 valence electrons. The first kappa shape index (κ1) is 18.0. The maximum atomic E-state index is 12.9. The minimum Gasteiger partial charge on any atom is -0.469 e. The van der Waals surface area contributed by atoms with Crippen LogP contribution in [0.25, 0.3) is 12.2 Å². The zero-order valence-corrected chi connectivity index (χ0v) is 16.1. The molecule has 0 bridgehead atoms. The van der Waals surface area contributed by atoms with E-state index in [9.17, 15) is 8.42 Å². The Hall–Kier alpha value is -2.34. The normalized spacial score (nSPS) is 15.1. The molecule has 27 heavy (non-hydrogen) atoms. The minimum atomic E-state index is -3.52. The molecule has 3 aromatic rings. The number of furan rings is 1. The van der Waals surface area contributed by atoms with Gasteiger partial charge in [0.05, 0.1) is 11.2 Å². The maximum Gasteiger partial charge on any atom is 0.243 e. The molecule has 0 atom stereocenters. The van der Waals surface area contributed by atoms with Gasteiger partial charge in [0.15, 0.2) is 0 Å². The molecule has 1 aliphatic rings. The van der Waals surface area contributed by atoms with Crippen molar-refractivity contribution < 1.29 is 12.8 Å². The average molecular weight is 400 g/mol. The average Bonchev–Trinajstić information content (AvgIpc) is 3.16. The lowest BCUT2D eigenvalue weighted by molar-refractivity contribution is 0.362. The molecule has 2 aromatic carbocycles. The van der Waals surface area contributed by atoms with Gasteiger partial charge in [-0.3, -0.25) is 0 Å². The summed E-state index contributed by atoms with van der Waals surface area (Å²) in [6.07, 6.45) is 6.12. The number of fused-ring (bicyclic) bond motifs is 1. The molecule has 0 amide bonds. The molecule has 1 aliphatic heterocycles. The Morgan fingerprint density at radius 3 is 2.22 bits per heavy atom. The topological polar surface area (TPSA) is 50.5 Å². The number of sulfonamides is 1. The molecule has 0 spiro atoms. The first-order chi connectivity index (χ1) is 13.0. The van der Waals surface area contributed by atoms with Gasteiger partial charge in [-0.25, -0.2) is 8.42 Å². The molecule has 2 heterocycles. The third kappa shape index (κ3) is 3.86. The molecule has 0 radical (unpaired) electrons. The lowest BCUT2D eigenvalue weighted by Crippen LogP contribution is -2.35. The highest BCUT2D eigenvalue weighted by Crippen LogP contribution is 2.26. The van der Waals surface area contributed by atoms with Gasteiger partial charge in [0.25, 0.3) is 0 Å². The highest BCUT2D eigenvalue weighted by atomic mass is 35.5. The summed E-state index contributed by atoms with van der Waals surface area (Å²) in [5, 5.41) is 0.696. The van der Waals surface area contributed by atoms with Gasteiger partial charge in [-0.1, -0.05) is 48.0 Å². The zero-order valence-electron chi connectivity index (χ0n) is 14.5. The van der Waals surface area contributed by atoms with E-state index in [4.69, 9.17) is 16.0 Å². The molecule has 1 aromatic heterocycles. The van der Waals surface area contributed by atoms with E-state index >= 15 is 0 Å². The molecule has 0 saturated carbocycles. The van der Waals surface area contributed by atoms with E-state index in [1.165, 1.54) is 4.31 Å². The molecular formula is C21H18ClNO3S. The van der Waals surface area contributed by atoms with Gasteiger partial charge in [0, 0.05) is 30.1 Å². The van der Waals surface area contributed by atoms with Crippen molar-refractivity contribution in [2.24, 2.45) is 0 Å². The summed E-state index contributed by atoms with van der Waals surface area (Å²) in [5.74, 6) is 0.879. The molecule has 4 nitrogen and oxygen atoms in total. The third-order valence-corrected chi connectivity index (χ3v) is 6.74. The largest absolute Gasteiger partial charge is 0.469 e. The van der Waals surface area contributed by atoms with Crippen LogP contribution in [0.5, 0.6) is 0 Å².